The van der Waals surface area contributed by atoms with Crippen molar-refractivity contribution in [2.24, 2.45) is 7.05 Å². The molecule has 5 rings (SSSR count). The maximum absolute atomic E-state index is 13.6. The Bertz CT molecular complexity index is 1970. The van der Waals surface area contributed by atoms with Crippen molar-refractivity contribution in [3.8, 4) is 28.7 Å². The van der Waals surface area contributed by atoms with Crippen molar-refractivity contribution in [2.75, 3.05) is 30.0 Å². The fourth-order valence-corrected chi connectivity index (χ4v) is 8.25. The number of hydrogen-bond acceptors (Lipinski definition) is 10. The van der Waals surface area contributed by atoms with E-state index in [1.54, 1.807) is 54.9 Å². The number of ether oxygens (including phenoxy) is 1. The highest BCUT2D eigenvalue weighted by molar-refractivity contribution is 7.92. The smallest absolute Gasteiger partial charge is 0.246 e. The van der Waals surface area contributed by atoms with Crippen LogP contribution in [0.2, 0.25) is 30.7 Å². The fourth-order valence-electron chi connectivity index (χ4n) is 4.96. The van der Waals surface area contributed by atoms with Gasteiger partial charge in [-0.1, -0.05) is 43.4 Å². The number of benzene rings is 2. The Kier molecular flexibility index (Phi) is 8.82. The van der Waals surface area contributed by atoms with Crippen LogP contribution in [0.4, 0.5) is 5.95 Å². The number of halogens is 1. The second-order valence-corrected chi connectivity index (χ2v) is 22.1. The van der Waals surface area contributed by atoms with Crippen LogP contribution in [0.1, 0.15) is 24.3 Å². The van der Waals surface area contributed by atoms with Crippen LogP contribution in [-0.4, -0.2) is 75.1 Å². The van der Waals surface area contributed by atoms with E-state index in [1.807, 2.05) is 0 Å². The highest BCUT2D eigenvalue weighted by atomic mass is 35.5. The zero-order valence-corrected chi connectivity index (χ0v) is 29.4. The number of para-hydroxylation sites is 1. The average molecular weight is 695 g/mol. The first-order valence-corrected chi connectivity index (χ1v) is 21.6. The van der Waals surface area contributed by atoms with E-state index >= 15 is 0 Å². The Hall–Kier alpha value is -3.44. The first-order chi connectivity index (χ1) is 21.1. The Balaban J connectivity index is 1.81. The van der Waals surface area contributed by atoms with Gasteiger partial charge in [-0.25, -0.2) is 21.1 Å². The summed E-state index contributed by atoms with van der Waals surface area (Å²) in [6.45, 7) is 8.27. The van der Waals surface area contributed by atoms with Crippen LogP contribution in [-0.2, 0) is 31.8 Å². The Labute approximate surface area is 268 Å². The number of rotatable bonds is 9. The summed E-state index contributed by atoms with van der Waals surface area (Å²) in [5, 5.41) is 13.8. The molecule has 4 aromatic rings. The zero-order chi connectivity index (χ0) is 32.9. The maximum atomic E-state index is 13.6. The van der Waals surface area contributed by atoms with Crippen molar-refractivity contribution >= 4 is 45.5 Å². The third-order valence-electron chi connectivity index (χ3n) is 7.35. The van der Waals surface area contributed by atoms with Gasteiger partial charge in [0.05, 0.1) is 23.5 Å². The van der Waals surface area contributed by atoms with Crippen molar-refractivity contribution in [3.05, 3.63) is 58.7 Å². The van der Waals surface area contributed by atoms with Crippen molar-refractivity contribution < 1.29 is 31.3 Å². The monoisotopic (exact) mass is 694 g/mol. The quantitative estimate of drug-likeness (QED) is 0.179. The largest absolute Gasteiger partial charge is 0.494 e. The molecule has 0 amide bonds. The van der Waals surface area contributed by atoms with Crippen molar-refractivity contribution in [1.82, 2.24) is 24.5 Å². The molecule has 0 saturated heterocycles. The number of hydrogen-bond donors (Lipinski definition) is 0. The van der Waals surface area contributed by atoms with Crippen LogP contribution in [0.3, 0.4) is 0 Å². The van der Waals surface area contributed by atoms with Crippen LogP contribution in [0.25, 0.3) is 17.2 Å². The van der Waals surface area contributed by atoms with Crippen LogP contribution in [0.15, 0.2) is 47.4 Å². The van der Waals surface area contributed by atoms with Gasteiger partial charge in [0.25, 0.3) is 0 Å². The molecule has 17 heteroatoms. The molecule has 2 aromatic carbocycles. The second-order valence-electron chi connectivity index (χ2n) is 11.8. The maximum Gasteiger partial charge on any atom is 0.246 e. The van der Waals surface area contributed by atoms with Gasteiger partial charge in [-0.15, -0.1) is 10.2 Å². The lowest BCUT2D eigenvalue weighted by Gasteiger charge is -2.27. The summed E-state index contributed by atoms with van der Waals surface area (Å²) in [4.78, 5) is 12.0. The van der Waals surface area contributed by atoms with Gasteiger partial charge in [0.2, 0.25) is 16.0 Å². The standard InChI is InChI=1S/C28H35ClN6O7S2Si/c1-8-44(38,39)34(14-15-45(5,6)7)28-31-30-27-20-17-21(33(2)32-20)26(19-13-12-18(29)16-24(19)43(4,36)37)42-41-23-11-9-10-22(40-3)25(23)35(27)28/h9-13,16-17,26H,8,14-15H2,1-7H3/t26-/m0/s1. The van der Waals surface area contributed by atoms with Crippen molar-refractivity contribution in [1.29, 1.82) is 0 Å². The topological polar surface area (TPSA) is 148 Å². The number of sulfone groups is 1. The number of aromatic nitrogens is 5. The van der Waals surface area contributed by atoms with E-state index in [4.69, 9.17) is 26.1 Å². The number of nitrogens with zero attached hydrogens (tertiary/aromatic N) is 6. The molecule has 2 aromatic heterocycles. The lowest BCUT2D eigenvalue weighted by atomic mass is 10.1. The van der Waals surface area contributed by atoms with Crippen LogP contribution < -0.4 is 13.9 Å². The number of aryl methyl sites for hydroxylation is 1. The first kappa shape index (κ1) is 32.9. The molecule has 242 valence electrons. The van der Waals surface area contributed by atoms with Gasteiger partial charge < -0.3 is 9.62 Å². The predicted molar refractivity (Wildman–Crippen MR) is 173 cm³/mol. The lowest BCUT2D eigenvalue weighted by Crippen LogP contribution is -2.38. The van der Waals surface area contributed by atoms with Gasteiger partial charge in [-0.2, -0.15) is 9.99 Å². The number of methoxy groups -OCH3 is 1. The summed E-state index contributed by atoms with van der Waals surface area (Å²) in [7, 11) is -6.10. The number of sulfonamides is 1. The number of fused-ring (bicyclic) bond motifs is 6. The van der Waals surface area contributed by atoms with Crippen molar-refractivity contribution in [2.45, 2.75) is 43.6 Å². The predicted octanol–water partition coefficient (Wildman–Crippen LogP) is 4.64. The van der Waals surface area contributed by atoms with E-state index in [0.29, 0.717) is 23.2 Å². The highest BCUT2D eigenvalue weighted by Crippen LogP contribution is 2.42. The molecule has 3 heterocycles. The minimum Gasteiger partial charge on any atom is -0.494 e. The normalized spacial score (nSPS) is 15.2. The lowest BCUT2D eigenvalue weighted by molar-refractivity contribution is -0.238. The van der Waals surface area contributed by atoms with E-state index in [9.17, 15) is 16.8 Å². The molecule has 0 fully saturated rings. The first-order valence-electron chi connectivity index (χ1n) is 14.1. The summed E-state index contributed by atoms with van der Waals surface area (Å²) in [6.07, 6.45) is 0.000250. The summed E-state index contributed by atoms with van der Waals surface area (Å²) in [5.74, 6) is 0.555. The molecule has 0 spiro atoms. The van der Waals surface area contributed by atoms with Crippen LogP contribution >= 0.6 is 11.6 Å². The molecule has 2 bridgehead atoms. The molecule has 1 aliphatic heterocycles. The Morgan fingerprint density at radius 2 is 1.82 bits per heavy atom. The highest BCUT2D eigenvalue weighted by Gasteiger charge is 2.36. The van der Waals surface area contributed by atoms with Crippen molar-refractivity contribution in [3.63, 3.8) is 0 Å². The molecular weight excluding hydrogens is 660 g/mol. The minimum absolute atomic E-state index is 0.0393. The van der Waals surface area contributed by atoms with Gasteiger partial charge >= 0.3 is 0 Å². The Morgan fingerprint density at radius 1 is 1.09 bits per heavy atom. The average Bonchev–Trinajstić information content (AvgIpc) is 3.55. The van der Waals surface area contributed by atoms with Crippen LogP contribution in [0.5, 0.6) is 11.5 Å². The molecule has 1 aliphatic rings. The van der Waals surface area contributed by atoms with Gasteiger partial charge in [-0.3, -0.25) is 9.25 Å². The Morgan fingerprint density at radius 3 is 2.47 bits per heavy atom. The van der Waals surface area contributed by atoms with E-state index < -0.39 is 34.0 Å². The molecule has 0 N–H and O–H groups in total. The molecule has 13 nitrogen and oxygen atoms in total. The van der Waals surface area contributed by atoms with Gasteiger partial charge in [0.15, 0.2) is 27.5 Å². The van der Waals surface area contributed by atoms with E-state index in [0.717, 1.165) is 6.26 Å². The molecular formula is C28H35ClN6O7S2Si. The molecule has 0 aliphatic carbocycles. The molecule has 0 radical (unpaired) electrons. The van der Waals surface area contributed by atoms with E-state index in [-0.39, 0.29) is 51.0 Å². The zero-order valence-electron chi connectivity index (χ0n) is 26.0. The van der Waals surface area contributed by atoms with Gasteiger partial charge in [-0.05, 0) is 43.3 Å². The third kappa shape index (κ3) is 6.47. The molecule has 45 heavy (non-hydrogen) atoms. The molecule has 1 atom stereocenters. The summed E-state index contributed by atoms with van der Waals surface area (Å²) < 4.78 is 62.9. The summed E-state index contributed by atoms with van der Waals surface area (Å²) in [6, 6.07) is 11.8. The number of anilines is 1. The second kappa shape index (κ2) is 12.1. The van der Waals surface area contributed by atoms with E-state index in [2.05, 4.69) is 34.9 Å². The molecule has 0 saturated carbocycles. The van der Waals surface area contributed by atoms with Gasteiger partial charge in [0, 0.05) is 38.5 Å². The van der Waals surface area contributed by atoms with E-state index in [1.165, 1.54) is 22.2 Å². The SMILES string of the molecule is CCS(=O)(=O)N(CC[Si](C)(C)C)c1nnc2n1-c1c(OC)cccc1OO[C@@H](c1ccc(Cl)cc1S(C)(=O)=O)c1cc-2nn1C. The summed E-state index contributed by atoms with van der Waals surface area (Å²) >= 11 is 6.19. The minimum atomic E-state index is -3.80. The summed E-state index contributed by atoms with van der Waals surface area (Å²) in [5.41, 5.74) is 1.30. The molecule has 0 unspecified atom stereocenters. The third-order valence-corrected chi connectivity index (χ3v) is 12.2. The van der Waals surface area contributed by atoms with Crippen LogP contribution in [0, 0.1) is 0 Å². The fraction of sp³-hybridized carbons (Fsp3) is 0.393. The van der Waals surface area contributed by atoms with Gasteiger partial charge in [0.1, 0.15) is 17.1 Å².